The quantitative estimate of drug-likeness (QED) is 0.442. The normalized spacial score (nSPS) is 19.9. The molecule has 3 aromatic rings. The van der Waals surface area contributed by atoms with Crippen LogP contribution >= 0.6 is 0 Å². The number of benzene rings is 3. The molecule has 1 heterocycles. The van der Waals surface area contributed by atoms with E-state index < -0.39 is 12.0 Å². The minimum atomic E-state index is -0.591. The molecule has 7 heteroatoms. The molecule has 1 aliphatic heterocycles. The number of ketones is 1. The first-order valence-corrected chi connectivity index (χ1v) is 12.6. The van der Waals surface area contributed by atoms with Crippen LogP contribution in [0.2, 0.25) is 0 Å². The Kier molecular flexibility index (Phi) is 6.53. The lowest BCUT2D eigenvalue weighted by atomic mass is 9.68. The van der Waals surface area contributed by atoms with Gasteiger partial charge in [0.15, 0.2) is 6.29 Å². The van der Waals surface area contributed by atoms with Gasteiger partial charge < -0.3 is 10.2 Å². The second kappa shape index (κ2) is 9.82. The molecule has 0 radical (unpaired) electrons. The molecule has 38 heavy (non-hydrogen) atoms. The van der Waals surface area contributed by atoms with Crippen LogP contribution in [0.3, 0.4) is 0 Å². The van der Waals surface area contributed by atoms with Crippen molar-refractivity contribution in [3.05, 3.63) is 89.5 Å². The molecule has 1 aliphatic carbocycles. The fourth-order valence-corrected chi connectivity index (χ4v) is 5.56. The number of aldehydes is 1. The van der Waals surface area contributed by atoms with Gasteiger partial charge in [0, 0.05) is 30.2 Å². The average Bonchev–Trinajstić information content (AvgIpc) is 3.02. The molecular weight excluding hydrogens is 478 g/mol. The number of carbonyl (C=O) groups is 4. The molecule has 2 atom stereocenters. The van der Waals surface area contributed by atoms with E-state index in [0.29, 0.717) is 47.3 Å². The molecule has 0 aromatic heterocycles. The van der Waals surface area contributed by atoms with E-state index in [0.717, 1.165) is 11.3 Å². The number of nitrogens with zero attached hydrogens (tertiary/aromatic N) is 2. The highest BCUT2D eigenvalue weighted by Gasteiger charge is 2.47. The molecule has 0 saturated heterocycles. The summed E-state index contributed by atoms with van der Waals surface area (Å²) < 4.78 is 0. The van der Waals surface area contributed by atoms with Crippen LogP contribution in [0, 0.1) is 11.3 Å². The Bertz CT molecular complexity index is 1470. The number of fused-ring (bicyclic) bond motifs is 2. The van der Waals surface area contributed by atoms with Crippen molar-refractivity contribution in [3.63, 3.8) is 0 Å². The zero-order valence-corrected chi connectivity index (χ0v) is 21.6. The number of anilines is 2. The fourth-order valence-electron chi connectivity index (χ4n) is 5.56. The lowest BCUT2D eigenvalue weighted by Crippen LogP contribution is -2.46. The Labute approximate surface area is 221 Å². The molecule has 3 aromatic carbocycles. The van der Waals surface area contributed by atoms with E-state index in [1.54, 1.807) is 53.4 Å². The molecule has 7 nitrogen and oxygen atoms in total. The van der Waals surface area contributed by atoms with Crippen LogP contribution in [-0.2, 0) is 9.59 Å². The minimum Gasteiger partial charge on any atom is -0.321 e. The van der Waals surface area contributed by atoms with Gasteiger partial charge in [0.2, 0.25) is 5.91 Å². The van der Waals surface area contributed by atoms with Crippen molar-refractivity contribution in [2.24, 2.45) is 16.3 Å². The van der Waals surface area contributed by atoms with E-state index in [-0.39, 0.29) is 23.0 Å². The van der Waals surface area contributed by atoms with Crippen LogP contribution in [0.1, 0.15) is 65.9 Å². The van der Waals surface area contributed by atoms with Gasteiger partial charge in [-0.15, -0.1) is 0 Å². The Hall–Kier alpha value is -4.39. The monoisotopic (exact) mass is 507 g/mol. The van der Waals surface area contributed by atoms with Crippen molar-refractivity contribution in [2.75, 3.05) is 10.2 Å². The van der Waals surface area contributed by atoms with Crippen LogP contribution in [0.15, 0.2) is 77.8 Å². The maximum Gasteiger partial charge on any atom is 0.255 e. The molecule has 0 bridgehead atoms. The fraction of sp³-hybridized carbons (Fsp3) is 0.258. The van der Waals surface area contributed by atoms with Gasteiger partial charge in [0.05, 0.1) is 29.0 Å². The summed E-state index contributed by atoms with van der Waals surface area (Å²) in [6.07, 6.45) is 1.74. The summed E-state index contributed by atoms with van der Waals surface area (Å²) in [6, 6.07) is 20.6. The number of rotatable bonds is 4. The predicted octanol–water partition coefficient (Wildman–Crippen LogP) is 5.94. The first-order chi connectivity index (χ1) is 18.2. The second-order valence-corrected chi connectivity index (χ2v) is 10.7. The Morgan fingerprint density at radius 1 is 0.974 bits per heavy atom. The standard InChI is InChI=1S/C31H29N3O4/c1-19(36)34-26-11-7-6-10-24(26)32-25-16-31(2,3)17-27(37)28(25)29(34)20-12-14-21(15-13-20)30(38)33-23-9-5-4-8-22(23)18-35/h4-15,18,28-29H,16-17H2,1-3H3,(H,33,38). The first kappa shape index (κ1) is 25.3. The average molecular weight is 508 g/mol. The summed E-state index contributed by atoms with van der Waals surface area (Å²) in [5.74, 6) is -1.09. The molecule has 2 amide bonds. The molecule has 1 fully saturated rings. The van der Waals surface area contributed by atoms with Crippen molar-refractivity contribution in [3.8, 4) is 0 Å². The SMILES string of the molecule is CC(=O)N1c2ccccc2N=C2CC(C)(C)CC(=O)C2C1c1ccc(C(=O)Nc2ccccc2C=O)cc1. The van der Waals surface area contributed by atoms with Crippen LogP contribution < -0.4 is 10.2 Å². The smallest absolute Gasteiger partial charge is 0.255 e. The molecule has 2 aliphatic rings. The van der Waals surface area contributed by atoms with E-state index in [4.69, 9.17) is 4.99 Å². The Balaban J connectivity index is 1.55. The summed E-state index contributed by atoms with van der Waals surface area (Å²) in [4.78, 5) is 57.6. The third-order valence-corrected chi connectivity index (χ3v) is 7.21. The summed E-state index contributed by atoms with van der Waals surface area (Å²) in [5, 5.41) is 2.78. The number of hydrogen-bond donors (Lipinski definition) is 1. The first-order valence-electron chi connectivity index (χ1n) is 12.6. The van der Waals surface area contributed by atoms with E-state index >= 15 is 0 Å². The number of hydrogen-bond acceptors (Lipinski definition) is 5. The van der Waals surface area contributed by atoms with Gasteiger partial charge in [-0.1, -0.05) is 50.2 Å². The van der Waals surface area contributed by atoms with Crippen molar-refractivity contribution in [1.82, 2.24) is 0 Å². The summed E-state index contributed by atoms with van der Waals surface area (Å²) >= 11 is 0. The van der Waals surface area contributed by atoms with Gasteiger partial charge in [-0.2, -0.15) is 0 Å². The van der Waals surface area contributed by atoms with Crippen molar-refractivity contribution in [2.45, 2.75) is 39.7 Å². The zero-order valence-electron chi connectivity index (χ0n) is 21.6. The highest BCUT2D eigenvalue weighted by atomic mass is 16.2. The maximum absolute atomic E-state index is 13.6. The number of aliphatic imine (C=N–C) groups is 1. The van der Waals surface area contributed by atoms with Gasteiger partial charge in [0.25, 0.3) is 5.91 Å². The third kappa shape index (κ3) is 4.67. The van der Waals surface area contributed by atoms with E-state index in [9.17, 15) is 19.2 Å². The van der Waals surface area contributed by atoms with Crippen molar-refractivity contribution < 1.29 is 19.2 Å². The molecule has 192 valence electrons. The van der Waals surface area contributed by atoms with Crippen LogP contribution in [0.5, 0.6) is 0 Å². The lowest BCUT2D eigenvalue weighted by Gasteiger charge is -2.40. The molecule has 5 rings (SSSR count). The molecule has 2 unspecified atom stereocenters. The molecule has 1 N–H and O–H groups in total. The maximum atomic E-state index is 13.6. The van der Waals surface area contributed by atoms with Gasteiger partial charge >= 0.3 is 0 Å². The van der Waals surface area contributed by atoms with Crippen molar-refractivity contribution >= 4 is 46.7 Å². The number of Topliss-reactive ketones (excluding diaryl/α,β-unsaturated/α-hetero) is 1. The van der Waals surface area contributed by atoms with E-state index in [1.807, 2.05) is 24.3 Å². The molecule has 0 spiro atoms. The van der Waals surface area contributed by atoms with Gasteiger partial charge in [-0.05, 0) is 53.8 Å². The number of carbonyl (C=O) groups excluding carboxylic acids is 4. The number of amides is 2. The number of para-hydroxylation sites is 3. The highest BCUT2D eigenvalue weighted by molar-refractivity contribution is 6.13. The van der Waals surface area contributed by atoms with Gasteiger partial charge in [-0.25, -0.2) is 0 Å². The van der Waals surface area contributed by atoms with Crippen LogP contribution in [0.4, 0.5) is 17.1 Å². The summed E-state index contributed by atoms with van der Waals surface area (Å²) in [6.45, 7) is 5.63. The largest absolute Gasteiger partial charge is 0.321 e. The van der Waals surface area contributed by atoms with E-state index in [2.05, 4.69) is 19.2 Å². The minimum absolute atomic E-state index is 0.0522. The van der Waals surface area contributed by atoms with E-state index in [1.165, 1.54) is 6.92 Å². The van der Waals surface area contributed by atoms with Crippen LogP contribution in [0.25, 0.3) is 0 Å². The Morgan fingerprint density at radius 3 is 2.37 bits per heavy atom. The second-order valence-electron chi connectivity index (χ2n) is 10.7. The third-order valence-electron chi connectivity index (χ3n) is 7.21. The lowest BCUT2D eigenvalue weighted by molar-refractivity contribution is -0.124. The van der Waals surface area contributed by atoms with Crippen molar-refractivity contribution in [1.29, 1.82) is 0 Å². The Morgan fingerprint density at radius 2 is 1.66 bits per heavy atom. The van der Waals surface area contributed by atoms with Crippen LogP contribution in [-0.4, -0.2) is 29.6 Å². The molecular formula is C31H29N3O4. The predicted molar refractivity (Wildman–Crippen MR) is 147 cm³/mol. The van der Waals surface area contributed by atoms with Gasteiger partial charge in [0.1, 0.15) is 5.78 Å². The summed E-state index contributed by atoms with van der Waals surface area (Å²) in [5.41, 5.74) is 3.82. The highest BCUT2D eigenvalue weighted by Crippen LogP contribution is 2.48. The topological polar surface area (TPSA) is 95.9 Å². The summed E-state index contributed by atoms with van der Waals surface area (Å²) in [7, 11) is 0. The molecule has 1 saturated carbocycles. The number of nitrogens with one attached hydrogen (secondary N) is 1. The zero-order chi connectivity index (χ0) is 27.0. The van der Waals surface area contributed by atoms with Gasteiger partial charge in [-0.3, -0.25) is 24.2 Å².